The molecular weight excluding hydrogens is 1230 g/mol. The average molecular weight is 1380 g/mol. The maximum absolute atomic E-state index is 13.1. The third-order valence-corrected chi connectivity index (χ3v) is 19.6. The normalized spacial score (nSPS) is 14.4. The van der Waals surface area contributed by atoms with Gasteiger partial charge in [0.2, 0.25) is 0 Å². The summed E-state index contributed by atoms with van der Waals surface area (Å²) in [5, 5.41) is 10.6. The fourth-order valence-corrected chi connectivity index (χ4v) is 12.9. The SMILES string of the molecule is CCC(C)CCCCCCCCC(=O)O[C@H](COC(=O)CCCCCCCCC(C)C)COP(=O)(O)OC[C@H](O)COP(=O)(O)OC[C@@H](COC(=O)CCCCCCCCCCCCCCCCCC(C)C)OC(=O)CCCCCCCCCCCCCCCCC(C)C. The smallest absolute Gasteiger partial charge is 0.462 e. The summed E-state index contributed by atoms with van der Waals surface area (Å²) < 4.78 is 68.4. The van der Waals surface area contributed by atoms with Crippen LogP contribution in [-0.2, 0) is 65.4 Å². The molecule has 558 valence electrons. The van der Waals surface area contributed by atoms with Crippen LogP contribution >= 0.6 is 15.6 Å². The molecule has 0 aromatic carbocycles. The number of carbonyl (C=O) groups is 4. The second-order valence-corrected chi connectivity index (χ2v) is 31.6. The zero-order valence-electron chi connectivity index (χ0n) is 61.6. The fraction of sp³-hybridized carbons (Fsp3) is 0.947. The van der Waals surface area contributed by atoms with Crippen LogP contribution < -0.4 is 0 Å². The molecule has 3 N–H and O–H groups in total. The highest BCUT2D eigenvalue weighted by Crippen LogP contribution is 2.45. The minimum atomic E-state index is -4.96. The third kappa shape index (κ3) is 67.3. The molecule has 0 aliphatic heterocycles. The lowest BCUT2D eigenvalue weighted by molar-refractivity contribution is -0.161. The lowest BCUT2D eigenvalue weighted by Gasteiger charge is -2.21. The van der Waals surface area contributed by atoms with Crippen LogP contribution in [0.25, 0.3) is 0 Å². The highest BCUT2D eigenvalue weighted by Gasteiger charge is 2.30. The van der Waals surface area contributed by atoms with Gasteiger partial charge in [-0.1, -0.05) is 325 Å². The van der Waals surface area contributed by atoms with Crippen molar-refractivity contribution in [3.05, 3.63) is 0 Å². The van der Waals surface area contributed by atoms with Gasteiger partial charge >= 0.3 is 39.5 Å². The van der Waals surface area contributed by atoms with Crippen LogP contribution in [0, 0.1) is 23.7 Å². The number of carbonyl (C=O) groups excluding carboxylic acids is 4. The zero-order chi connectivity index (χ0) is 69.6. The summed E-state index contributed by atoms with van der Waals surface area (Å²) in [6.45, 7) is 14.1. The van der Waals surface area contributed by atoms with Gasteiger partial charge in [0, 0.05) is 25.7 Å². The Hall–Kier alpha value is -1.94. The number of ether oxygens (including phenoxy) is 4. The Balaban J connectivity index is 5.22. The van der Waals surface area contributed by atoms with Crippen molar-refractivity contribution in [1.29, 1.82) is 0 Å². The van der Waals surface area contributed by atoms with Crippen molar-refractivity contribution in [1.82, 2.24) is 0 Å². The van der Waals surface area contributed by atoms with E-state index in [1.54, 1.807) is 0 Å². The van der Waals surface area contributed by atoms with Gasteiger partial charge in [-0.25, -0.2) is 9.13 Å². The molecule has 0 saturated heterocycles. The van der Waals surface area contributed by atoms with E-state index in [1.165, 1.54) is 173 Å². The molecule has 0 rings (SSSR count). The van der Waals surface area contributed by atoms with Crippen LogP contribution in [0.2, 0.25) is 0 Å². The van der Waals surface area contributed by atoms with E-state index in [-0.39, 0.29) is 25.7 Å². The van der Waals surface area contributed by atoms with Crippen LogP contribution in [-0.4, -0.2) is 96.7 Å². The number of phosphoric ester groups is 2. The predicted octanol–water partition coefficient (Wildman–Crippen LogP) is 21.7. The molecule has 0 aliphatic rings. The molecule has 94 heavy (non-hydrogen) atoms. The van der Waals surface area contributed by atoms with Crippen LogP contribution in [0.4, 0.5) is 0 Å². The highest BCUT2D eigenvalue weighted by molar-refractivity contribution is 7.47. The molecule has 0 aromatic rings. The summed E-state index contributed by atoms with van der Waals surface area (Å²) in [6.07, 6.45) is 48.8. The summed E-state index contributed by atoms with van der Waals surface area (Å²) >= 11 is 0. The quantitative estimate of drug-likeness (QED) is 0.0222. The second kappa shape index (κ2) is 64.4. The van der Waals surface area contributed by atoms with Crippen molar-refractivity contribution in [3.8, 4) is 0 Å². The Morgan fingerprint density at radius 3 is 0.755 bits per heavy atom. The molecule has 17 nitrogen and oxygen atoms in total. The number of unbranched alkanes of at least 4 members (excludes halogenated alkanes) is 37. The van der Waals surface area contributed by atoms with Gasteiger partial charge < -0.3 is 33.8 Å². The average Bonchev–Trinajstić information content (AvgIpc) is 3.35. The zero-order valence-corrected chi connectivity index (χ0v) is 63.4. The first kappa shape index (κ1) is 92.1. The van der Waals surface area contributed by atoms with E-state index in [9.17, 15) is 43.2 Å². The molecule has 0 fully saturated rings. The predicted molar refractivity (Wildman–Crippen MR) is 381 cm³/mol. The van der Waals surface area contributed by atoms with Crippen LogP contribution in [0.5, 0.6) is 0 Å². The number of phosphoric acid groups is 2. The number of hydrogen-bond donors (Lipinski definition) is 3. The fourth-order valence-electron chi connectivity index (χ4n) is 11.3. The summed E-state index contributed by atoms with van der Waals surface area (Å²) in [7, 11) is -9.91. The number of aliphatic hydroxyl groups excluding tert-OH is 1. The summed E-state index contributed by atoms with van der Waals surface area (Å²) in [6, 6.07) is 0. The van der Waals surface area contributed by atoms with E-state index >= 15 is 0 Å². The highest BCUT2D eigenvalue weighted by atomic mass is 31.2. The number of hydrogen-bond acceptors (Lipinski definition) is 15. The molecule has 0 spiro atoms. The first-order valence-electron chi connectivity index (χ1n) is 38.7. The minimum Gasteiger partial charge on any atom is -0.462 e. The van der Waals surface area contributed by atoms with Crippen molar-refractivity contribution in [2.24, 2.45) is 23.7 Å². The Bertz CT molecular complexity index is 1850. The maximum atomic E-state index is 13.1. The molecule has 0 aliphatic carbocycles. The van der Waals surface area contributed by atoms with Crippen molar-refractivity contribution in [2.75, 3.05) is 39.6 Å². The van der Waals surface area contributed by atoms with Gasteiger partial charge in [-0.05, 0) is 49.4 Å². The molecular formula is C75H146O17P2. The molecule has 0 aromatic heterocycles. The van der Waals surface area contributed by atoms with Crippen LogP contribution in [0.1, 0.15) is 376 Å². The van der Waals surface area contributed by atoms with Crippen LogP contribution in [0.15, 0.2) is 0 Å². The lowest BCUT2D eigenvalue weighted by atomic mass is 10.00. The summed E-state index contributed by atoms with van der Waals surface area (Å²) in [4.78, 5) is 72.7. The van der Waals surface area contributed by atoms with Gasteiger partial charge in [-0.2, -0.15) is 0 Å². The molecule has 3 unspecified atom stereocenters. The molecule has 0 heterocycles. The molecule has 0 amide bonds. The van der Waals surface area contributed by atoms with E-state index in [0.717, 1.165) is 114 Å². The molecule has 0 bridgehead atoms. The number of rotatable bonds is 72. The minimum absolute atomic E-state index is 0.102. The number of esters is 4. The maximum Gasteiger partial charge on any atom is 0.472 e. The monoisotopic (exact) mass is 1380 g/mol. The van der Waals surface area contributed by atoms with Gasteiger partial charge in [0.15, 0.2) is 12.2 Å². The Labute approximate surface area is 575 Å². The van der Waals surface area contributed by atoms with Crippen molar-refractivity contribution in [3.63, 3.8) is 0 Å². The Kier molecular flexibility index (Phi) is 63.1. The first-order chi connectivity index (χ1) is 45.1. The van der Waals surface area contributed by atoms with Crippen molar-refractivity contribution < 1.29 is 80.2 Å². The van der Waals surface area contributed by atoms with E-state index < -0.39 is 97.5 Å². The summed E-state index contributed by atoms with van der Waals surface area (Å²) in [5.41, 5.74) is 0. The molecule has 0 radical (unpaired) electrons. The lowest BCUT2D eigenvalue weighted by Crippen LogP contribution is -2.30. The van der Waals surface area contributed by atoms with E-state index in [4.69, 9.17) is 37.0 Å². The first-order valence-corrected chi connectivity index (χ1v) is 41.7. The topological polar surface area (TPSA) is 237 Å². The van der Waals surface area contributed by atoms with Crippen molar-refractivity contribution >= 4 is 39.5 Å². The standard InChI is InChI=1S/C75H146O17P2/c1-9-68(8)54-46-38-32-34-42-50-58-75(80)92-71(62-86-73(78)56-48-40-33-31-37-45-53-67(6)7)64-90-94(83,84)88-60-69(76)59-87-93(81,82)89-63-70(91-74(79)57-49-41-30-26-22-18-14-13-16-20-24-28-36-44-52-66(4)5)61-85-72(77)55-47-39-29-25-21-17-12-10-11-15-19-23-27-35-43-51-65(2)3/h65-71,76H,9-64H2,1-8H3,(H,81,82)(H,83,84)/t68?,69-,70-,71-/m1/s1. The van der Waals surface area contributed by atoms with Gasteiger partial charge in [-0.15, -0.1) is 0 Å². The second-order valence-electron chi connectivity index (χ2n) is 28.7. The van der Waals surface area contributed by atoms with E-state index in [1.807, 2.05) is 0 Å². The van der Waals surface area contributed by atoms with Crippen LogP contribution in [0.3, 0.4) is 0 Å². The largest absolute Gasteiger partial charge is 0.472 e. The van der Waals surface area contributed by atoms with Gasteiger partial charge in [0.25, 0.3) is 0 Å². The Morgan fingerprint density at radius 2 is 0.511 bits per heavy atom. The van der Waals surface area contributed by atoms with Gasteiger partial charge in [0.1, 0.15) is 19.3 Å². The van der Waals surface area contributed by atoms with Gasteiger partial charge in [-0.3, -0.25) is 37.3 Å². The van der Waals surface area contributed by atoms with E-state index in [2.05, 4.69) is 55.4 Å². The van der Waals surface area contributed by atoms with Crippen molar-refractivity contribution in [2.45, 2.75) is 395 Å². The van der Waals surface area contributed by atoms with Gasteiger partial charge in [0.05, 0.1) is 26.4 Å². The molecule has 19 heteroatoms. The molecule has 6 atom stereocenters. The number of aliphatic hydroxyl groups is 1. The molecule has 0 saturated carbocycles. The summed E-state index contributed by atoms with van der Waals surface area (Å²) in [5.74, 6) is 0.874. The van der Waals surface area contributed by atoms with E-state index in [0.29, 0.717) is 31.6 Å². The third-order valence-electron chi connectivity index (χ3n) is 17.7. The Morgan fingerprint density at radius 1 is 0.298 bits per heavy atom.